The first-order valence-electron chi connectivity index (χ1n) is 5.57. The van der Waals surface area contributed by atoms with Crippen molar-refractivity contribution in [2.75, 3.05) is 13.1 Å². The maximum atomic E-state index is 12.1. The minimum Gasteiger partial charge on any atom is -0.338 e. The van der Waals surface area contributed by atoms with Gasteiger partial charge in [0.05, 0.1) is 5.56 Å². The maximum absolute atomic E-state index is 12.1. The molecule has 0 bridgehead atoms. The first kappa shape index (κ1) is 11.4. The molecule has 1 unspecified atom stereocenters. The fraction of sp³-hybridized carbons (Fsp3) is 0.500. The molecule has 1 fully saturated rings. The SMILES string of the molecule is CC1CCCN(C(=O)c2ccc(Cl)nc2)C1. The minimum absolute atomic E-state index is 0.0655. The number of rotatable bonds is 1. The molecule has 0 saturated carbocycles. The van der Waals surface area contributed by atoms with Gasteiger partial charge in [-0.3, -0.25) is 4.79 Å². The van der Waals surface area contributed by atoms with Crippen LogP contribution < -0.4 is 0 Å². The number of carbonyl (C=O) groups is 1. The molecule has 0 N–H and O–H groups in total. The second kappa shape index (κ2) is 4.83. The Labute approximate surface area is 100 Å². The molecule has 1 saturated heterocycles. The van der Waals surface area contributed by atoms with Crippen LogP contribution in [0.3, 0.4) is 0 Å². The summed E-state index contributed by atoms with van der Waals surface area (Å²) < 4.78 is 0. The highest BCUT2D eigenvalue weighted by atomic mass is 35.5. The molecular weight excluding hydrogens is 224 g/mol. The summed E-state index contributed by atoms with van der Waals surface area (Å²) in [7, 11) is 0. The largest absolute Gasteiger partial charge is 0.338 e. The van der Waals surface area contributed by atoms with E-state index in [1.165, 1.54) is 6.42 Å². The molecule has 1 aromatic heterocycles. The second-order valence-corrected chi connectivity index (χ2v) is 4.76. The Bertz CT molecular complexity index is 377. The van der Waals surface area contributed by atoms with Crippen LogP contribution >= 0.6 is 11.6 Å². The monoisotopic (exact) mass is 238 g/mol. The number of carbonyl (C=O) groups excluding carboxylic acids is 1. The smallest absolute Gasteiger partial charge is 0.255 e. The summed E-state index contributed by atoms with van der Waals surface area (Å²) in [5.74, 6) is 0.661. The van der Waals surface area contributed by atoms with Crippen molar-refractivity contribution in [2.45, 2.75) is 19.8 Å². The average Bonchev–Trinajstić information content (AvgIpc) is 2.29. The molecule has 1 amide bonds. The van der Waals surface area contributed by atoms with E-state index in [9.17, 15) is 4.79 Å². The number of nitrogens with zero attached hydrogens (tertiary/aromatic N) is 2. The van der Waals surface area contributed by atoms with E-state index in [0.717, 1.165) is 19.5 Å². The highest BCUT2D eigenvalue weighted by Gasteiger charge is 2.21. The maximum Gasteiger partial charge on any atom is 0.255 e. The van der Waals surface area contributed by atoms with E-state index in [1.54, 1.807) is 18.3 Å². The number of hydrogen-bond donors (Lipinski definition) is 0. The van der Waals surface area contributed by atoms with Gasteiger partial charge in [0.1, 0.15) is 5.15 Å². The van der Waals surface area contributed by atoms with Crippen LogP contribution in [0.5, 0.6) is 0 Å². The van der Waals surface area contributed by atoms with Crippen molar-refractivity contribution >= 4 is 17.5 Å². The summed E-state index contributed by atoms with van der Waals surface area (Å²) in [6.07, 6.45) is 3.85. The zero-order valence-electron chi connectivity index (χ0n) is 9.32. The number of aromatic nitrogens is 1. The van der Waals surface area contributed by atoms with Gasteiger partial charge < -0.3 is 4.90 Å². The van der Waals surface area contributed by atoms with Gasteiger partial charge in [0.15, 0.2) is 0 Å². The lowest BCUT2D eigenvalue weighted by Crippen LogP contribution is -2.39. The molecule has 1 atom stereocenters. The summed E-state index contributed by atoms with van der Waals surface area (Å²) >= 11 is 5.69. The molecule has 0 spiro atoms. The molecule has 16 heavy (non-hydrogen) atoms. The van der Waals surface area contributed by atoms with Crippen LogP contribution in [0.2, 0.25) is 5.15 Å². The van der Waals surface area contributed by atoms with Crippen molar-refractivity contribution in [1.82, 2.24) is 9.88 Å². The van der Waals surface area contributed by atoms with Gasteiger partial charge in [0.25, 0.3) is 5.91 Å². The molecule has 1 aliphatic rings. The normalized spacial score (nSPS) is 20.9. The van der Waals surface area contributed by atoms with Gasteiger partial charge in [-0.15, -0.1) is 0 Å². The Kier molecular flexibility index (Phi) is 3.44. The zero-order chi connectivity index (χ0) is 11.5. The Hall–Kier alpha value is -1.09. The molecule has 86 valence electrons. The Morgan fingerprint density at radius 2 is 2.38 bits per heavy atom. The average molecular weight is 239 g/mol. The van der Waals surface area contributed by atoms with Crippen LogP contribution in [0.15, 0.2) is 18.3 Å². The summed E-state index contributed by atoms with van der Waals surface area (Å²) in [4.78, 5) is 17.9. The summed E-state index contributed by atoms with van der Waals surface area (Å²) in [6, 6.07) is 3.39. The predicted octanol–water partition coefficient (Wildman–Crippen LogP) is 2.61. The fourth-order valence-electron chi connectivity index (χ4n) is 2.06. The first-order chi connectivity index (χ1) is 7.66. The lowest BCUT2D eigenvalue weighted by atomic mass is 10.00. The molecular formula is C12H15ClN2O. The molecule has 1 aliphatic heterocycles. The van der Waals surface area contributed by atoms with Gasteiger partial charge in [-0.05, 0) is 30.9 Å². The van der Waals surface area contributed by atoms with E-state index < -0.39 is 0 Å². The zero-order valence-corrected chi connectivity index (χ0v) is 10.1. The molecule has 1 aromatic rings. The molecule has 2 rings (SSSR count). The molecule has 3 nitrogen and oxygen atoms in total. The number of halogens is 1. The van der Waals surface area contributed by atoms with Gasteiger partial charge in [0, 0.05) is 19.3 Å². The fourth-order valence-corrected chi connectivity index (χ4v) is 2.17. The number of piperidine rings is 1. The number of likely N-dealkylation sites (tertiary alicyclic amines) is 1. The van der Waals surface area contributed by atoms with Gasteiger partial charge in [0.2, 0.25) is 0 Å². The third kappa shape index (κ3) is 2.53. The third-order valence-corrected chi connectivity index (χ3v) is 3.14. The number of pyridine rings is 1. The number of hydrogen-bond acceptors (Lipinski definition) is 2. The van der Waals surface area contributed by atoms with Crippen molar-refractivity contribution in [1.29, 1.82) is 0 Å². The standard InChI is InChI=1S/C12H15ClN2O/c1-9-3-2-6-15(8-9)12(16)10-4-5-11(13)14-7-10/h4-5,7,9H,2-3,6,8H2,1H3. The van der Waals surface area contributed by atoms with Crippen LogP contribution in [0, 0.1) is 5.92 Å². The quantitative estimate of drug-likeness (QED) is 0.705. The van der Waals surface area contributed by atoms with Crippen LogP contribution in [-0.2, 0) is 0 Å². The molecule has 2 heterocycles. The van der Waals surface area contributed by atoms with Crippen molar-refractivity contribution in [2.24, 2.45) is 5.92 Å². The van der Waals surface area contributed by atoms with Gasteiger partial charge in [-0.25, -0.2) is 4.98 Å². The van der Waals surface area contributed by atoms with Crippen LogP contribution in [0.4, 0.5) is 0 Å². The summed E-state index contributed by atoms with van der Waals surface area (Å²) in [5.41, 5.74) is 0.624. The van der Waals surface area contributed by atoms with Crippen molar-refractivity contribution in [3.8, 4) is 0 Å². The van der Waals surface area contributed by atoms with E-state index in [2.05, 4.69) is 11.9 Å². The molecule has 0 aliphatic carbocycles. The second-order valence-electron chi connectivity index (χ2n) is 4.37. The van der Waals surface area contributed by atoms with Crippen LogP contribution in [0.1, 0.15) is 30.1 Å². The Morgan fingerprint density at radius 1 is 1.56 bits per heavy atom. The van der Waals surface area contributed by atoms with Crippen LogP contribution in [-0.4, -0.2) is 28.9 Å². The van der Waals surface area contributed by atoms with E-state index >= 15 is 0 Å². The molecule has 0 radical (unpaired) electrons. The van der Waals surface area contributed by atoms with E-state index in [1.807, 2.05) is 4.90 Å². The Balaban J connectivity index is 2.09. The van der Waals surface area contributed by atoms with Gasteiger partial charge in [-0.2, -0.15) is 0 Å². The summed E-state index contributed by atoms with van der Waals surface area (Å²) in [6.45, 7) is 3.88. The summed E-state index contributed by atoms with van der Waals surface area (Å²) in [5, 5.41) is 0.420. The highest BCUT2D eigenvalue weighted by molar-refractivity contribution is 6.29. The van der Waals surface area contributed by atoms with E-state index in [0.29, 0.717) is 16.6 Å². The minimum atomic E-state index is 0.0655. The van der Waals surface area contributed by atoms with E-state index in [4.69, 9.17) is 11.6 Å². The third-order valence-electron chi connectivity index (χ3n) is 2.92. The highest BCUT2D eigenvalue weighted by Crippen LogP contribution is 2.18. The lowest BCUT2D eigenvalue weighted by molar-refractivity contribution is 0.0682. The Morgan fingerprint density at radius 3 is 3.00 bits per heavy atom. The van der Waals surface area contributed by atoms with Crippen molar-refractivity contribution in [3.63, 3.8) is 0 Å². The van der Waals surface area contributed by atoms with E-state index in [-0.39, 0.29) is 5.91 Å². The topological polar surface area (TPSA) is 33.2 Å². The first-order valence-corrected chi connectivity index (χ1v) is 5.95. The van der Waals surface area contributed by atoms with Crippen LogP contribution in [0.25, 0.3) is 0 Å². The van der Waals surface area contributed by atoms with Gasteiger partial charge >= 0.3 is 0 Å². The number of amides is 1. The molecule has 0 aromatic carbocycles. The lowest BCUT2D eigenvalue weighted by Gasteiger charge is -2.30. The predicted molar refractivity (Wildman–Crippen MR) is 63.5 cm³/mol. The van der Waals surface area contributed by atoms with Gasteiger partial charge in [-0.1, -0.05) is 18.5 Å². The molecule has 4 heteroatoms. The van der Waals surface area contributed by atoms with Crippen molar-refractivity contribution < 1.29 is 4.79 Å². The van der Waals surface area contributed by atoms with Crippen molar-refractivity contribution in [3.05, 3.63) is 29.0 Å².